The van der Waals surface area contributed by atoms with Crippen molar-refractivity contribution in [2.45, 2.75) is 32.2 Å². The Kier molecular flexibility index (Phi) is 11.2. The fraction of sp³-hybridized carbons (Fsp3) is 0.250. The van der Waals surface area contributed by atoms with Crippen molar-refractivity contribution in [3.8, 4) is 0 Å². The number of nitrogens with one attached hydrogen (secondary N) is 3. The molecule has 1 atom stereocenters. The molecule has 0 radical (unpaired) electrons. The Morgan fingerprint density at radius 2 is 1.80 bits per heavy atom. The summed E-state index contributed by atoms with van der Waals surface area (Å²) in [6.45, 7) is 4.14. The third kappa shape index (κ3) is 8.01. The summed E-state index contributed by atoms with van der Waals surface area (Å²) in [6.07, 6.45) is 3.12. The number of amidine groups is 1. The predicted molar refractivity (Wildman–Crippen MR) is 144 cm³/mol. The summed E-state index contributed by atoms with van der Waals surface area (Å²) in [5, 5.41) is 10.7. The number of aromatic nitrogens is 2. The van der Waals surface area contributed by atoms with Gasteiger partial charge in [-0.05, 0) is 35.7 Å². The van der Waals surface area contributed by atoms with Crippen LogP contribution in [0.4, 0.5) is 11.4 Å². The summed E-state index contributed by atoms with van der Waals surface area (Å²) in [7, 11) is 0. The molecule has 0 aliphatic heterocycles. The van der Waals surface area contributed by atoms with E-state index in [1.54, 1.807) is 35.4 Å². The second-order valence-electron chi connectivity index (χ2n) is 8.10. The van der Waals surface area contributed by atoms with Gasteiger partial charge in [-0.1, -0.05) is 38.1 Å². The molecule has 1 aromatic heterocycles. The van der Waals surface area contributed by atoms with Gasteiger partial charge in [0.05, 0.1) is 31.0 Å². The fourth-order valence-corrected chi connectivity index (χ4v) is 3.56. The Morgan fingerprint density at radius 1 is 1.11 bits per heavy atom. The van der Waals surface area contributed by atoms with Crippen LogP contribution in [0.1, 0.15) is 49.0 Å². The SMILES string of the molecule is CC(C)c1ccc(NC(=O)CN(c2cccc(C(=N)N)c2)C(CC(N)=O)c2c[nH]cn2)cc1.Cl.Cl. The molecule has 0 aliphatic rings. The second kappa shape index (κ2) is 13.4. The van der Waals surface area contributed by atoms with Crippen molar-refractivity contribution in [1.82, 2.24) is 9.97 Å². The molecule has 1 unspecified atom stereocenters. The van der Waals surface area contributed by atoms with Crippen LogP contribution in [0.5, 0.6) is 0 Å². The van der Waals surface area contributed by atoms with Crippen molar-refractivity contribution in [2.24, 2.45) is 11.5 Å². The minimum atomic E-state index is -0.593. The van der Waals surface area contributed by atoms with E-state index >= 15 is 0 Å². The third-order valence-electron chi connectivity index (χ3n) is 5.30. The lowest BCUT2D eigenvalue weighted by atomic mass is 10.0. The molecule has 3 rings (SSSR count). The van der Waals surface area contributed by atoms with Gasteiger partial charge in [-0.2, -0.15) is 0 Å². The number of H-pyrrole nitrogens is 1. The smallest absolute Gasteiger partial charge is 0.243 e. The predicted octanol–water partition coefficient (Wildman–Crippen LogP) is 3.72. The van der Waals surface area contributed by atoms with Crippen molar-refractivity contribution >= 4 is 53.8 Å². The standard InChI is InChI=1S/C24H29N7O2.2ClH/c1-15(2)16-6-8-18(9-7-16)30-23(33)13-31(19-5-3-4-17(10-19)24(26)27)21(11-22(25)32)20-12-28-14-29-20;;/h3-10,12,14-15,21H,11,13H2,1-2H3,(H2,25,32)(H3,26,27)(H,28,29)(H,30,33);2*1H. The van der Waals surface area contributed by atoms with Gasteiger partial charge in [0.15, 0.2) is 0 Å². The van der Waals surface area contributed by atoms with E-state index in [9.17, 15) is 9.59 Å². The zero-order valence-electron chi connectivity index (χ0n) is 19.5. The maximum atomic E-state index is 13.0. The zero-order chi connectivity index (χ0) is 24.0. The molecule has 2 aromatic carbocycles. The van der Waals surface area contributed by atoms with Crippen molar-refractivity contribution in [3.63, 3.8) is 0 Å². The number of rotatable bonds is 10. The fourth-order valence-electron chi connectivity index (χ4n) is 3.56. The lowest BCUT2D eigenvalue weighted by molar-refractivity contribution is -0.119. The topological polar surface area (TPSA) is 154 Å². The average Bonchev–Trinajstić information content (AvgIpc) is 3.31. The normalized spacial score (nSPS) is 11.1. The van der Waals surface area contributed by atoms with Crippen LogP contribution in [0.3, 0.4) is 0 Å². The van der Waals surface area contributed by atoms with Gasteiger partial charge in [0.1, 0.15) is 5.84 Å². The Labute approximate surface area is 217 Å². The van der Waals surface area contributed by atoms with Crippen LogP contribution in [0.15, 0.2) is 61.1 Å². The van der Waals surface area contributed by atoms with Gasteiger partial charge in [-0.15, -0.1) is 24.8 Å². The lowest BCUT2D eigenvalue weighted by Gasteiger charge is -2.32. The number of hydrogen-bond donors (Lipinski definition) is 5. The highest BCUT2D eigenvalue weighted by Gasteiger charge is 2.27. The molecule has 0 aliphatic carbocycles. The van der Waals surface area contributed by atoms with E-state index < -0.39 is 11.9 Å². The van der Waals surface area contributed by atoms with Crippen LogP contribution in [-0.4, -0.2) is 34.2 Å². The molecule has 3 aromatic rings. The van der Waals surface area contributed by atoms with Crippen LogP contribution in [0.2, 0.25) is 0 Å². The van der Waals surface area contributed by atoms with Crippen molar-refractivity contribution in [1.29, 1.82) is 5.41 Å². The Bertz CT molecular complexity index is 1120. The monoisotopic (exact) mass is 519 g/mol. The Balaban J connectivity index is 0.00000306. The third-order valence-corrected chi connectivity index (χ3v) is 5.30. The van der Waals surface area contributed by atoms with E-state index in [1.165, 1.54) is 11.9 Å². The second-order valence-corrected chi connectivity index (χ2v) is 8.10. The number of nitrogens with zero attached hydrogens (tertiary/aromatic N) is 2. The largest absolute Gasteiger partial charge is 0.384 e. The summed E-state index contributed by atoms with van der Waals surface area (Å²) in [6, 6.07) is 14.0. The van der Waals surface area contributed by atoms with Crippen molar-refractivity contribution in [2.75, 3.05) is 16.8 Å². The first kappa shape index (κ1) is 29.5. The molecular formula is C24H31Cl2N7O2. The number of primary amides is 1. The zero-order valence-corrected chi connectivity index (χ0v) is 21.2. The molecule has 0 spiro atoms. The lowest BCUT2D eigenvalue weighted by Crippen LogP contribution is -2.38. The molecule has 0 saturated heterocycles. The highest BCUT2D eigenvalue weighted by atomic mass is 35.5. The minimum Gasteiger partial charge on any atom is -0.384 e. The Morgan fingerprint density at radius 3 is 2.34 bits per heavy atom. The van der Waals surface area contributed by atoms with Crippen LogP contribution in [0, 0.1) is 5.41 Å². The number of amides is 2. The van der Waals surface area contributed by atoms with Gasteiger partial charge < -0.3 is 26.7 Å². The first-order valence-corrected chi connectivity index (χ1v) is 10.6. The molecule has 0 bridgehead atoms. The van der Waals surface area contributed by atoms with E-state index in [0.29, 0.717) is 28.6 Å². The van der Waals surface area contributed by atoms with Crippen LogP contribution in [-0.2, 0) is 9.59 Å². The van der Waals surface area contributed by atoms with E-state index in [4.69, 9.17) is 16.9 Å². The number of carbonyl (C=O) groups is 2. The molecule has 188 valence electrons. The molecule has 35 heavy (non-hydrogen) atoms. The highest BCUT2D eigenvalue weighted by molar-refractivity contribution is 5.97. The number of halogens is 2. The summed E-state index contributed by atoms with van der Waals surface area (Å²) in [4.78, 5) is 33.8. The van der Waals surface area contributed by atoms with E-state index in [-0.39, 0.29) is 49.5 Å². The molecular weight excluding hydrogens is 489 g/mol. The number of hydrogen-bond acceptors (Lipinski definition) is 5. The van der Waals surface area contributed by atoms with Crippen LogP contribution in [0.25, 0.3) is 0 Å². The van der Waals surface area contributed by atoms with Gasteiger partial charge in [-0.3, -0.25) is 15.0 Å². The first-order chi connectivity index (χ1) is 15.7. The average molecular weight is 520 g/mol. The molecule has 0 fully saturated rings. The van der Waals surface area contributed by atoms with Gasteiger partial charge in [0.25, 0.3) is 0 Å². The van der Waals surface area contributed by atoms with Crippen LogP contribution >= 0.6 is 24.8 Å². The van der Waals surface area contributed by atoms with Gasteiger partial charge in [0.2, 0.25) is 11.8 Å². The van der Waals surface area contributed by atoms with Gasteiger partial charge >= 0.3 is 0 Å². The number of benzene rings is 2. The van der Waals surface area contributed by atoms with Gasteiger partial charge in [0, 0.05) is 23.1 Å². The number of imidazole rings is 1. The number of nitrogens with two attached hydrogens (primary N) is 2. The molecule has 9 nitrogen and oxygen atoms in total. The summed E-state index contributed by atoms with van der Waals surface area (Å²) in [5.41, 5.74) is 14.7. The molecule has 0 saturated carbocycles. The van der Waals surface area contributed by atoms with Crippen molar-refractivity contribution < 1.29 is 9.59 Å². The van der Waals surface area contributed by atoms with E-state index in [2.05, 4.69) is 29.1 Å². The maximum Gasteiger partial charge on any atom is 0.243 e. The molecule has 11 heteroatoms. The number of anilines is 2. The first-order valence-electron chi connectivity index (χ1n) is 10.6. The van der Waals surface area contributed by atoms with Crippen LogP contribution < -0.4 is 21.7 Å². The number of aromatic amines is 1. The molecule has 1 heterocycles. The minimum absolute atomic E-state index is 0. The summed E-state index contributed by atoms with van der Waals surface area (Å²) in [5.74, 6) is -0.508. The Hall–Kier alpha value is -3.56. The highest BCUT2D eigenvalue weighted by Crippen LogP contribution is 2.29. The summed E-state index contributed by atoms with van der Waals surface area (Å²) < 4.78 is 0. The van der Waals surface area contributed by atoms with Gasteiger partial charge in [-0.25, -0.2) is 4.98 Å². The quantitative estimate of drug-likeness (QED) is 0.204. The maximum absolute atomic E-state index is 13.0. The molecule has 7 N–H and O–H groups in total. The van der Waals surface area contributed by atoms with Crippen molar-refractivity contribution in [3.05, 3.63) is 77.9 Å². The number of carbonyl (C=O) groups excluding carboxylic acids is 2. The van der Waals surface area contributed by atoms with E-state index in [1.807, 2.05) is 24.3 Å². The molecule has 2 amide bonds. The summed E-state index contributed by atoms with van der Waals surface area (Å²) >= 11 is 0. The number of nitrogen functional groups attached to an aromatic ring is 1. The van der Waals surface area contributed by atoms with E-state index in [0.717, 1.165) is 0 Å².